The normalized spacial score (nSPS) is 23.1. The van der Waals surface area contributed by atoms with E-state index in [2.05, 4.69) is 35.2 Å². The van der Waals surface area contributed by atoms with Crippen molar-refractivity contribution in [3.63, 3.8) is 0 Å². The predicted octanol–water partition coefficient (Wildman–Crippen LogP) is 4.49. The third kappa shape index (κ3) is 3.74. The molecule has 0 unspecified atom stereocenters. The molecule has 2 aliphatic rings. The molecule has 4 rings (SSSR count). The minimum Gasteiger partial charge on any atom is -0.336 e. The summed E-state index contributed by atoms with van der Waals surface area (Å²) in [5, 5.41) is 0.358. The summed E-state index contributed by atoms with van der Waals surface area (Å²) < 4.78 is 13.8. The average Bonchev–Trinajstić information content (AvgIpc) is 2.70. The van der Waals surface area contributed by atoms with Gasteiger partial charge < -0.3 is 4.90 Å². The van der Waals surface area contributed by atoms with Crippen LogP contribution in [-0.4, -0.2) is 47.9 Å². The Morgan fingerprint density at radius 2 is 1.89 bits per heavy atom. The molecule has 2 aliphatic heterocycles. The van der Waals surface area contributed by atoms with Gasteiger partial charge >= 0.3 is 0 Å². The molecule has 0 spiro atoms. The summed E-state index contributed by atoms with van der Waals surface area (Å²) in [6.07, 6.45) is 2.20. The highest BCUT2D eigenvalue weighted by molar-refractivity contribution is 6.34. The number of rotatable bonds is 2. The fourth-order valence-electron chi connectivity index (χ4n) is 4.41. The zero-order chi connectivity index (χ0) is 19.0. The van der Waals surface area contributed by atoms with Crippen molar-refractivity contribution in [1.82, 2.24) is 9.80 Å². The Hall–Kier alpha value is -1.91. The van der Waals surface area contributed by atoms with Gasteiger partial charge in [-0.1, -0.05) is 41.9 Å². The second-order valence-corrected chi connectivity index (χ2v) is 8.05. The van der Waals surface area contributed by atoms with Gasteiger partial charge in [-0.2, -0.15) is 0 Å². The number of piperazine rings is 1. The lowest BCUT2D eigenvalue weighted by Crippen LogP contribution is -2.57. The molecule has 0 saturated carbocycles. The number of hydrogen-bond acceptors (Lipinski definition) is 2. The van der Waals surface area contributed by atoms with Crippen molar-refractivity contribution in [2.24, 2.45) is 0 Å². The van der Waals surface area contributed by atoms with Crippen LogP contribution in [0, 0.1) is 12.7 Å². The fourth-order valence-corrected chi connectivity index (χ4v) is 4.60. The number of fused-ring (bicyclic) bond motifs is 1. The van der Waals surface area contributed by atoms with Gasteiger partial charge in [-0.15, -0.1) is 0 Å². The van der Waals surface area contributed by atoms with E-state index in [0.717, 1.165) is 25.9 Å². The number of benzene rings is 2. The van der Waals surface area contributed by atoms with Crippen LogP contribution in [0.5, 0.6) is 0 Å². The Morgan fingerprint density at radius 3 is 2.67 bits per heavy atom. The SMILES string of the molecule is Cc1cc(F)cc(C(=O)N2CCN3C[C@@H](c4ccccc4)CC[C@@H]3C2)c1Cl. The molecule has 2 fully saturated rings. The highest BCUT2D eigenvalue weighted by Gasteiger charge is 2.35. The minimum atomic E-state index is -0.415. The predicted molar refractivity (Wildman–Crippen MR) is 106 cm³/mol. The van der Waals surface area contributed by atoms with Crippen LogP contribution in [0.25, 0.3) is 0 Å². The quantitative estimate of drug-likeness (QED) is 0.759. The van der Waals surface area contributed by atoms with Gasteiger partial charge in [0.2, 0.25) is 0 Å². The highest BCUT2D eigenvalue weighted by atomic mass is 35.5. The largest absolute Gasteiger partial charge is 0.336 e. The van der Waals surface area contributed by atoms with E-state index in [4.69, 9.17) is 11.6 Å². The van der Waals surface area contributed by atoms with Crippen LogP contribution < -0.4 is 0 Å². The first-order chi connectivity index (χ1) is 13.0. The molecule has 0 bridgehead atoms. The van der Waals surface area contributed by atoms with Crippen molar-refractivity contribution in [2.75, 3.05) is 26.2 Å². The van der Waals surface area contributed by atoms with E-state index in [1.54, 1.807) is 6.92 Å². The maximum atomic E-state index is 13.8. The van der Waals surface area contributed by atoms with E-state index in [1.165, 1.54) is 17.7 Å². The number of nitrogens with zero attached hydrogens (tertiary/aromatic N) is 2. The molecule has 0 aliphatic carbocycles. The monoisotopic (exact) mass is 386 g/mol. The molecular weight excluding hydrogens is 363 g/mol. The molecule has 2 atom stereocenters. The maximum Gasteiger partial charge on any atom is 0.255 e. The second kappa shape index (κ2) is 7.61. The molecule has 142 valence electrons. The lowest BCUT2D eigenvalue weighted by atomic mass is 9.86. The Labute approximate surface area is 164 Å². The fraction of sp³-hybridized carbons (Fsp3) is 0.409. The van der Waals surface area contributed by atoms with Crippen LogP contribution >= 0.6 is 11.6 Å². The zero-order valence-electron chi connectivity index (χ0n) is 15.5. The number of piperidine rings is 1. The number of halogens is 2. The molecular formula is C22H24ClFN2O. The standard InChI is InChI=1S/C22H24ClFN2O/c1-15-11-18(24)12-20(21(15)23)22(27)26-10-9-25-13-17(7-8-19(25)14-26)16-5-3-2-4-6-16/h2-6,11-12,17,19H,7-10,13-14H2,1H3/t17-,19+/m0/s1. The molecule has 2 aromatic rings. The van der Waals surface area contributed by atoms with Crippen LogP contribution in [0.3, 0.4) is 0 Å². The highest BCUT2D eigenvalue weighted by Crippen LogP contribution is 2.32. The molecule has 1 amide bonds. The third-order valence-electron chi connectivity index (χ3n) is 5.92. The Morgan fingerprint density at radius 1 is 1.11 bits per heavy atom. The van der Waals surface area contributed by atoms with E-state index >= 15 is 0 Å². The van der Waals surface area contributed by atoms with Crippen LogP contribution in [0.15, 0.2) is 42.5 Å². The van der Waals surface area contributed by atoms with Gasteiger partial charge in [0.25, 0.3) is 5.91 Å². The molecule has 3 nitrogen and oxygen atoms in total. The van der Waals surface area contributed by atoms with Gasteiger partial charge in [0.1, 0.15) is 5.82 Å². The summed E-state index contributed by atoms with van der Waals surface area (Å²) in [5.41, 5.74) is 2.28. The lowest BCUT2D eigenvalue weighted by molar-refractivity contribution is 0.0329. The van der Waals surface area contributed by atoms with E-state index in [0.29, 0.717) is 35.6 Å². The molecule has 0 N–H and O–H groups in total. The number of carbonyl (C=O) groups excluding carboxylic acids is 1. The van der Waals surface area contributed by atoms with Crippen LogP contribution in [0.1, 0.15) is 40.2 Å². The molecule has 27 heavy (non-hydrogen) atoms. The summed E-state index contributed by atoms with van der Waals surface area (Å²) in [7, 11) is 0. The van der Waals surface area contributed by atoms with Crippen LogP contribution in [0.4, 0.5) is 4.39 Å². The maximum absolute atomic E-state index is 13.8. The van der Waals surface area contributed by atoms with Gasteiger partial charge in [-0.25, -0.2) is 4.39 Å². The summed E-state index contributed by atoms with van der Waals surface area (Å²) in [6.45, 7) is 4.96. The Balaban J connectivity index is 1.45. The van der Waals surface area contributed by atoms with Gasteiger partial charge in [-0.05, 0) is 48.9 Å². The second-order valence-electron chi connectivity index (χ2n) is 7.67. The van der Waals surface area contributed by atoms with E-state index < -0.39 is 5.82 Å². The summed E-state index contributed by atoms with van der Waals surface area (Å²) in [6, 6.07) is 13.7. The van der Waals surface area contributed by atoms with Gasteiger partial charge in [0.15, 0.2) is 0 Å². The van der Waals surface area contributed by atoms with Crippen LogP contribution in [-0.2, 0) is 0 Å². The Bertz CT molecular complexity index is 842. The zero-order valence-corrected chi connectivity index (χ0v) is 16.3. The number of aryl methyl sites for hydroxylation is 1. The van der Waals surface area contributed by atoms with Gasteiger partial charge in [0, 0.05) is 32.2 Å². The molecule has 0 radical (unpaired) electrons. The van der Waals surface area contributed by atoms with E-state index in [1.807, 2.05) is 4.90 Å². The van der Waals surface area contributed by atoms with Crippen molar-refractivity contribution in [1.29, 1.82) is 0 Å². The van der Waals surface area contributed by atoms with Crippen molar-refractivity contribution >= 4 is 17.5 Å². The van der Waals surface area contributed by atoms with Crippen molar-refractivity contribution in [2.45, 2.75) is 31.7 Å². The topological polar surface area (TPSA) is 23.6 Å². The van der Waals surface area contributed by atoms with Crippen molar-refractivity contribution in [3.05, 3.63) is 70.0 Å². The summed E-state index contributed by atoms with van der Waals surface area (Å²) in [5.74, 6) is -0.0142. The van der Waals surface area contributed by atoms with Crippen molar-refractivity contribution in [3.8, 4) is 0 Å². The van der Waals surface area contributed by atoms with E-state index in [-0.39, 0.29) is 11.5 Å². The smallest absolute Gasteiger partial charge is 0.255 e. The first-order valence-electron chi connectivity index (χ1n) is 9.57. The Kier molecular flexibility index (Phi) is 5.20. The molecule has 5 heteroatoms. The first kappa shape index (κ1) is 18.5. The molecule has 0 aromatic heterocycles. The van der Waals surface area contributed by atoms with Crippen molar-refractivity contribution < 1.29 is 9.18 Å². The average molecular weight is 387 g/mol. The van der Waals surface area contributed by atoms with Crippen LogP contribution in [0.2, 0.25) is 5.02 Å². The molecule has 2 aromatic carbocycles. The number of carbonyl (C=O) groups is 1. The molecule has 2 heterocycles. The van der Waals surface area contributed by atoms with Gasteiger partial charge in [0.05, 0.1) is 10.6 Å². The summed E-state index contributed by atoms with van der Waals surface area (Å²) >= 11 is 6.28. The lowest BCUT2D eigenvalue weighted by Gasteiger charge is -2.46. The van der Waals surface area contributed by atoms with Gasteiger partial charge in [-0.3, -0.25) is 9.69 Å². The third-order valence-corrected chi connectivity index (χ3v) is 6.42. The number of amides is 1. The molecule has 2 saturated heterocycles. The minimum absolute atomic E-state index is 0.160. The first-order valence-corrected chi connectivity index (χ1v) is 9.94. The number of hydrogen-bond donors (Lipinski definition) is 0. The summed E-state index contributed by atoms with van der Waals surface area (Å²) in [4.78, 5) is 17.3. The van der Waals surface area contributed by atoms with E-state index in [9.17, 15) is 9.18 Å².